The molecule has 0 amide bonds. The van der Waals surface area contributed by atoms with Crippen molar-refractivity contribution < 1.29 is 10.0 Å². The van der Waals surface area contributed by atoms with Gasteiger partial charge >= 0.3 is 7.69 Å². The Hall–Kier alpha value is -0.0551. The van der Waals surface area contributed by atoms with Gasteiger partial charge in [-0.1, -0.05) is 0 Å². The molecule has 0 bridgehead atoms. The Morgan fingerprint density at radius 3 is 1.33 bits per heavy atom. The Balaban J connectivity index is 0. The predicted octanol–water partition coefficient (Wildman–Crippen LogP) is -1.66. The molecule has 0 unspecified atom stereocenters. The van der Waals surface area contributed by atoms with Gasteiger partial charge in [-0.05, 0) is 14.1 Å². The van der Waals surface area contributed by atoms with Crippen LogP contribution in [0.5, 0.6) is 0 Å². The van der Waals surface area contributed by atoms with Gasteiger partial charge in [0.1, 0.15) is 0 Å². The van der Waals surface area contributed by atoms with Crippen molar-refractivity contribution in [3.63, 3.8) is 0 Å². The molecule has 0 fully saturated rings. The summed E-state index contributed by atoms with van der Waals surface area (Å²) in [5, 5.41) is 16.8. The predicted molar refractivity (Wildman–Crippen MR) is 25.2 cm³/mol. The van der Waals surface area contributed by atoms with E-state index in [2.05, 4.69) is 5.32 Å². The summed E-state index contributed by atoms with van der Waals surface area (Å²) < 4.78 is 0. The van der Waals surface area contributed by atoms with E-state index in [1.165, 1.54) is 0 Å². The zero-order chi connectivity index (χ0) is 5.41. The molecule has 0 spiro atoms. The van der Waals surface area contributed by atoms with Crippen molar-refractivity contribution in [1.82, 2.24) is 5.32 Å². The van der Waals surface area contributed by atoms with Crippen molar-refractivity contribution in [2.45, 2.75) is 0 Å². The number of nitrogens with one attached hydrogen (secondary N) is 1. The van der Waals surface area contributed by atoms with Crippen molar-refractivity contribution >= 4 is 7.69 Å². The Morgan fingerprint density at radius 2 is 1.33 bits per heavy atom. The lowest BCUT2D eigenvalue weighted by atomic mass is 10.5. The second-order valence-corrected chi connectivity index (χ2v) is 0.615. The molecule has 1 radical (unpaired) electrons. The van der Waals surface area contributed by atoms with Gasteiger partial charge in [-0.15, -0.1) is 0 Å². The van der Waals surface area contributed by atoms with Crippen molar-refractivity contribution in [2.75, 3.05) is 14.1 Å². The zero-order valence-corrected chi connectivity index (χ0v) is 3.97. The summed E-state index contributed by atoms with van der Waals surface area (Å²) in [5.41, 5.74) is 0. The topological polar surface area (TPSA) is 52.5 Å². The van der Waals surface area contributed by atoms with Crippen molar-refractivity contribution in [1.29, 1.82) is 0 Å². The highest BCUT2D eigenvalue weighted by Crippen LogP contribution is 1.08. The van der Waals surface area contributed by atoms with E-state index in [1.54, 1.807) is 0 Å². The van der Waals surface area contributed by atoms with E-state index in [-0.39, 0.29) is 7.69 Å². The van der Waals surface area contributed by atoms with Crippen LogP contribution in [0.1, 0.15) is 0 Å². The van der Waals surface area contributed by atoms with Crippen LogP contribution in [0.3, 0.4) is 0 Å². The molecule has 0 atom stereocenters. The maximum atomic E-state index is 7.00. The molecule has 0 rings (SSSR count). The first-order valence-electron chi connectivity index (χ1n) is 1.52. The van der Waals surface area contributed by atoms with E-state index in [9.17, 15) is 0 Å². The second-order valence-electron chi connectivity index (χ2n) is 0.615. The normalized spacial score (nSPS) is 5.33. The summed E-state index contributed by atoms with van der Waals surface area (Å²) in [4.78, 5) is 0. The largest absolute Gasteiger partial charge is 0.482 e. The van der Waals surface area contributed by atoms with Gasteiger partial charge in [-0.25, -0.2) is 0 Å². The molecule has 4 heteroatoms. The summed E-state index contributed by atoms with van der Waals surface area (Å²) in [6.45, 7) is 0. The van der Waals surface area contributed by atoms with Crippen LogP contribution >= 0.6 is 0 Å². The molecule has 0 aromatic rings. The van der Waals surface area contributed by atoms with Gasteiger partial charge in [0, 0.05) is 0 Å². The minimum Gasteiger partial charge on any atom is -0.429 e. The molecule has 0 aromatic heterocycles. The van der Waals surface area contributed by atoms with E-state index in [1.807, 2.05) is 14.1 Å². The van der Waals surface area contributed by atoms with Crippen LogP contribution in [0.15, 0.2) is 0 Å². The maximum absolute atomic E-state index is 7.00. The summed E-state index contributed by atoms with van der Waals surface area (Å²) in [5.74, 6) is 0. The van der Waals surface area contributed by atoms with Gasteiger partial charge in [0.05, 0.1) is 0 Å². The van der Waals surface area contributed by atoms with Crippen LogP contribution in [-0.2, 0) is 0 Å². The fourth-order valence-corrected chi connectivity index (χ4v) is 0. The third-order valence-corrected chi connectivity index (χ3v) is 0. The highest BCUT2D eigenvalue weighted by molar-refractivity contribution is 6.13. The highest BCUT2D eigenvalue weighted by atomic mass is 16.4. The van der Waals surface area contributed by atoms with Gasteiger partial charge in [-0.3, -0.25) is 0 Å². The van der Waals surface area contributed by atoms with Gasteiger partial charge < -0.3 is 15.4 Å². The van der Waals surface area contributed by atoms with Crippen LogP contribution in [0, 0.1) is 0 Å². The van der Waals surface area contributed by atoms with Gasteiger partial charge in [0.25, 0.3) is 0 Å². The summed E-state index contributed by atoms with van der Waals surface area (Å²) in [6.07, 6.45) is 0. The SMILES string of the molecule is CNC.O[B]O. The Bertz CT molecular complexity index is 13.5. The summed E-state index contributed by atoms with van der Waals surface area (Å²) >= 11 is 0. The van der Waals surface area contributed by atoms with Crippen molar-refractivity contribution in [3.8, 4) is 0 Å². The molecule has 0 aliphatic carbocycles. The summed E-state index contributed by atoms with van der Waals surface area (Å²) in [7, 11) is 3.75. The molecule has 0 aliphatic heterocycles. The van der Waals surface area contributed by atoms with E-state index in [0.29, 0.717) is 0 Å². The fourth-order valence-electron chi connectivity index (χ4n) is 0. The molecule has 0 aromatic carbocycles. The van der Waals surface area contributed by atoms with Gasteiger partial charge in [0.2, 0.25) is 0 Å². The van der Waals surface area contributed by atoms with Gasteiger partial charge in [-0.2, -0.15) is 0 Å². The highest BCUT2D eigenvalue weighted by Gasteiger charge is 1.51. The average Bonchev–Trinajstić information content (AvgIpc) is 1.39. The van der Waals surface area contributed by atoms with E-state index < -0.39 is 0 Å². The Morgan fingerprint density at radius 1 is 1.33 bits per heavy atom. The molecule has 6 heavy (non-hydrogen) atoms. The molecule has 0 saturated heterocycles. The van der Waals surface area contributed by atoms with Crippen LogP contribution in [0.2, 0.25) is 0 Å². The first-order chi connectivity index (χ1) is 2.83. The second kappa shape index (κ2) is 20.3. The number of hydrogen-bond donors (Lipinski definition) is 3. The Labute approximate surface area is 38.3 Å². The van der Waals surface area contributed by atoms with E-state index >= 15 is 0 Å². The molecule has 3 nitrogen and oxygen atoms in total. The fraction of sp³-hybridized carbons (Fsp3) is 1.00. The van der Waals surface area contributed by atoms with E-state index in [0.717, 1.165) is 0 Å². The molecule has 3 N–H and O–H groups in total. The molecular formula is C2H9BNO2. The lowest BCUT2D eigenvalue weighted by molar-refractivity contribution is 0.448. The average molecular weight is 89.9 g/mol. The first kappa shape index (κ1) is 9.34. The molecule has 0 saturated carbocycles. The minimum atomic E-state index is 0. The van der Waals surface area contributed by atoms with Crippen molar-refractivity contribution in [3.05, 3.63) is 0 Å². The molecular weight excluding hydrogens is 80.8 g/mol. The minimum absolute atomic E-state index is 0. The molecule has 0 aliphatic rings. The molecule has 0 heterocycles. The van der Waals surface area contributed by atoms with Crippen molar-refractivity contribution in [2.24, 2.45) is 0 Å². The lowest BCUT2D eigenvalue weighted by Gasteiger charge is -1.59. The Kier molecular flexibility index (Phi) is 31.7. The van der Waals surface area contributed by atoms with Crippen LogP contribution < -0.4 is 5.32 Å². The van der Waals surface area contributed by atoms with Crippen LogP contribution in [0.4, 0.5) is 0 Å². The number of rotatable bonds is 0. The number of hydrogen-bond acceptors (Lipinski definition) is 3. The zero-order valence-electron chi connectivity index (χ0n) is 3.97. The van der Waals surface area contributed by atoms with Crippen LogP contribution in [0.25, 0.3) is 0 Å². The molecule has 37 valence electrons. The third kappa shape index (κ3) is 11300. The van der Waals surface area contributed by atoms with E-state index in [4.69, 9.17) is 10.0 Å². The monoisotopic (exact) mass is 90.1 g/mol. The lowest BCUT2D eigenvalue weighted by Crippen LogP contribution is -1.89. The van der Waals surface area contributed by atoms with Crippen LogP contribution in [-0.4, -0.2) is 31.8 Å². The standard InChI is InChI=1S/C2H7N.BH2O2/c1-3-2;2-1-3/h3H,1-2H3;2-3H. The third-order valence-electron chi connectivity index (χ3n) is 0. The quantitative estimate of drug-likeness (QED) is 0.312. The summed E-state index contributed by atoms with van der Waals surface area (Å²) in [6, 6.07) is 0. The van der Waals surface area contributed by atoms with Gasteiger partial charge in [0.15, 0.2) is 0 Å². The smallest absolute Gasteiger partial charge is 0.429 e. The maximum Gasteiger partial charge on any atom is 0.482 e. The first-order valence-corrected chi connectivity index (χ1v) is 1.52.